The predicted molar refractivity (Wildman–Crippen MR) is 72.9 cm³/mol. The molecule has 0 unspecified atom stereocenters. The third-order valence-electron chi connectivity index (χ3n) is 2.86. The van der Waals surface area contributed by atoms with Crippen molar-refractivity contribution in [3.8, 4) is 0 Å². The molecule has 17 heavy (non-hydrogen) atoms. The standard InChI is InChI=1S/C12H17BrO3S/c1-4-12(13,17(3,15)16)11(14)10-7-5-6-9(2)8-10/h5-8,11,14H,4H2,1-3H3/t11-,12+/m1/s1. The lowest BCUT2D eigenvalue weighted by molar-refractivity contribution is 0.160. The molecule has 0 aliphatic carbocycles. The number of sulfone groups is 1. The quantitative estimate of drug-likeness (QED) is 0.867. The Kier molecular flexibility index (Phi) is 4.38. The van der Waals surface area contributed by atoms with Crippen LogP contribution in [-0.4, -0.2) is 23.4 Å². The number of alkyl halides is 1. The molecule has 2 atom stereocenters. The minimum absolute atomic E-state index is 0.293. The van der Waals surface area contributed by atoms with E-state index in [1.807, 2.05) is 13.0 Å². The average Bonchev–Trinajstić information content (AvgIpc) is 2.25. The van der Waals surface area contributed by atoms with Crippen molar-refractivity contribution < 1.29 is 13.5 Å². The summed E-state index contributed by atoms with van der Waals surface area (Å²) in [6.07, 6.45) is 0.341. The SMILES string of the molecule is CC[C@@](Br)([C@H](O)c1cccc(C)c1)S(C)(=O)=O. The van der Waals surface area contributed by atoms with Crippen molar-refractivity contribution >= 4 is 25.8 Å². The lowest BCUT2D eigenvalue weighted by atomic mass is 10.0. The summed E-state index contributed by atoms with van der Waals surface area (Å²) in [5, 5.41) is 10.3. The maximum absolute atomic E-state index is 11.8. The Morgan fingerprint density at radius 3 is 2.47 bits per heavy atom. The van der Waals surface area contributed by atoms with E-state index in [4.69, 9.17) is 0 Å². The van der Waals surface area contributed by atoms with Crippen LogP contribution in [0, 0.1) is 6.92 Å². The highest BCUT2D eigenvalue weighted by Gasteiger charge is 2.44. The first-order valence-corrected chi connectivity index (χ1v) is 8.04. The van der Waals surface area contributed by atoms with E-state index in [0.717, 1.165) is 11.8 Å². The van der Waals surface area contributed by atoms with Gasteiger partial charge in [0.15, 0.2) is 13.5 Å². The predicted octanol–water partition coefficient (Wildman–Crippen LogP) is 2.57. The number of hydrogen-bond donors (Lipinski definition) is 1. The second kappa shape index (κ2) is 5.08. The van der Waals surface area contributed by atoms with E-state index >= 15 is 0 Å². The van der Waals surface area contributed by atoms with Crippen molar-refractivity contribution in [2.75, 3.05) is 6.26 Å². The molecule has 0 saturated heterocycles. The summed E-state index contributed by atoms with van der Waals surface area (Å²) in [7, 11) is -3.41. The fraction of sp³-hybridized carbons (Fsp3) is 0.500. The monoisotopic (exact) mass is 320 g/mol. The van der Waals surface area contributed by atoms with E-state index in [1.54, 1.807) is 25.1 Å². The molecule has 1 rings (SSSR count). The third-order valence-corrected chi connectivity index (χ3v) is 7.37. The highest BCUT2D eigenvalue weighted by atomic mass is 79.9. The normalized spacial score (nSPS) is 17.5. The van der Waals surface area contributed by atoms with E-state index in [1.165, 1.54) is 0 Å². The van der Waals surface area contributed by atoms with Gasteiger partial charge in [0.1, 0.15) is 6.10 Å². The Balaban J connectivity index is 3.24. The fourth-order valence-electron chi connectivity index (χ4n) is 1.75. The molecule has 5 heteroatoms. The first-order valence-electron chi connectivity index (χ1n) is 5.35. The molecular formula is C12H17BrO3S. The summed E-state index contributed by atoms with van der Waals surface area (Å²) in [5.41, 5.74) is 1.59. The van der Waals surface area contributed by atoms with Crippen LogP contribution in [0.2, 0.25) is 0 Å². The zero-order valence-corrected chi connectivity index (χ0v) is 12.5. The molecule has 1 N–H and O–H groups in total. The van der Waals surface area contributed by atoms with Gasteiger partial charge in [0, 0.05) is 6.26 Å². The molecule has 3 nitrogen and oxygen atoms in total. The summed E-state index contributed by atoms with van der Waals surface area (Å²) in [6, 6.07) is 7.23. The molecular weight excluding hydrogens is 304 g/mol. The zero-order chi connectivity index (χ0) is 13.3. The third kappa shape index (κ3) is 2.89. The highest BCUT2D eigenvalue weighted by Crippen LogP contribution is 2.41. The second-order valence-electron chi connectivity index (χ2n) is 4.23. The van der Waals surface area contributed by atoms with Gasteiger partial charge in [-0.3, -0.25) is 0 Å². The van der Waals surface area contributed by atoms with Gasteiger partial charge < -0.3 is 5.11 Å². The molecule has 0 aromatic heterocycles. The number of hydrogen-bond acceptors (Lipinski definition) is 3. The minimum Gasteiger partial charge on any atom is -0.386 e. The summed E-state index contributed by atoms with van der Waals surface area (Å²) in [5.74, 6) is 0. The molecule has 96 valence electrons. The van der Waals surface area contributed by atoms with Crippen molar-refractivity contribution in [3.05, 3.63) is 35.4 Å². The fourth-order valence-corrected chi connectivity index (χ4v) is 3.08. The number of benzene rings is 1. The average molecular weight is 321 g/mol. The van der Waals surface area contributed by atoms with Crippen LogP contribution in [0.5, 0.6) is 0 Å². The van der Waals surface area contributed by atoms with E-state index in [0.29, 0.717) is 12.0 Å². The molecule has 0 aliphatic rings. The molecule has 0 amide bonds. The van der Waals surface area contributed by atoms with E-state index < -0.39 is 19.6 Å². The van der Waals surface area contributed by atoms with Crippen molar-refractivity contribution in [1.29, 1.82) is 0 Å². The van der Waals surface area contributed by atoms with Crippen molar-refractivity contribution in [1.82, 2.24) is 0 Å². The maximum Gasteiger partial charge on any atom is 0.166 e. The summed E-state index contributed by atoms with van der Waals surface area (Å²) >= 11 is 3.19. The summed E-state index contributed by atoms with van der Waals surface area (Å²) in [4.78, 5) is 0. The molecule has 0 spiro atoms. The van der Waals surface area contributed by atoms with E-state index in [9.17, 15) is 13.5 Å². The highest BCUT2D eigenvalue weighted by molar-refractivity contribution is 9.11. The van der Waals surface area contributed by atoms with Crippen molar-refractivity contribution in [3.63, 3.8) is 0 Å². The first kappa shape index (κ1) is 14.7. The van der Waals surface area contributed by atoms with Gasteiger partial charge in [-0.15, -0.1) is 0 Å². The largest absolute Gasteiger partial charge is 0.386 e. The smallest absolute Gasteiger partial charge is 0.166 e. The van der Waals surface area contributed by atoms with Gasteiger partial charge in [0.25, 0.3) is 0 Å². The topological polar surface area (TPSA) is 54.4 Å². The second-order valence-corrected chi connectivity index (χ2v) is 8.44. The molecule has 1 aromatic rings. The van der Waals surface area contributed by atoms with Crippen LogP contribution in [0.3, 0.4) is 0 Å². The Morgan fingerprint density at radius 2 is 2.06 bits per heavy atom. The number of aliphatic hydroxyl groups is 1. The zero-order valence-electron chi connectivity index (χ0n) is 10.1. The van der Waals surface area contributed by atoms with E-state index in [-0.39, 0.29) is 0 Å². The van der Waals surface area contributed by atoms with Crippen LogP contribution in [0.25, 0.3) is 0 Å². The molecule has 0 radical (unpaired) electrons. The first-order chi connectivity index (χ1) is 7.72. The maximum atomic E-state index is 11.8. The Bertz CT molecular complexity index is 498. The molecule has 0 saturated carbocycles. The van der Waals surface area contributed by atoms with Gasteiger partial charge in [-0.2, -0.15) is 0 Å². The number of rotatable bonds is 4. The van der Waals surface area contributed by atoms with Gasteiger partial charge in [0.2, 0.25) is 0 Å². The van der Waals surface area contributed by atoms with Gasteiger partial charge in [-0.25, -0.2) is 8.42 Å². The summed E-state index contributed by atoms with van der Waals surface area (Å²) < 4.78 is 22.2. The lowest BCUT2D eigenvalue weighted by Gasteiger charge is -2.30. The van der Waals surface area contributed by atoms with Crippen molar-refractivity contribution in [2.24, 2.45) is 0 Å². The molecule has 0 bridgehead atoms. The number of aryl methyl sites for hydroxylation is 1. The Hall–Kier alpha value is -0.390. The van der Waals surface area contributed by atoms with Crippen molar-refractivity contribution in [2.45, 2.75) is 30.0 Å². The number of aliphatic hydroxyl groups excluding tert-OH is 1. The van der Waals surface area contributed by atoms with Crippen LogP contribution in [0.15, 0.2) is 24.3 Å². The Labute approximate surface area is 111 Å². The van der Waals surface area contributed by atoms with Crippen LogP contribution in [0.4, 0.5) is 0 Å². The summed E-state index contributed by atoms with van der Waals surface area (Å²) in [6.45, 7) is 3.63. The van der Waals surface area contributed by atoms with Crippen LogP contribution >= 0.6 is 15.9 Å². The van der Waals surface area contributed by atoms with Crippen LogP contribution in [0.1, 0.15) is 30.6 Å². The minimum atomic E-state index is -3.41. The Morgan fingerprint density at radius 1 is 1.47 bits per heavy atom. The van der Waals surface area contributed by atoms with Gasteiger partial charge >= 0.3 is 0 Å². The molecule has 1 aromatic carbocycles. The molecule has 0 aliphatic heterocycles. The van der Waals surface area contributed by atoms with E-state index in [2.05, 4.69) is 15.9 Å². The lowest BCUT2D eigenvalue weighted by Crippen LogP contribution is -2.37. The number of halogens is 1. The van der Waals surface area contributed by atoms with Gasteiger partial charge in [-0.1, -0.05) is 52.7 Å². The van der Waals surface area contributed by atoms with Gasteiger partial charge in [-0.05, 0) is 18.9 Å². The van der Waals surface area contributed by atoms with Crippen LogP contribution < -0.4 is 0 Å². The van der Waals surface area contributed by atoms with Gasteiger partial charge in [0.05, 0.1) is 0 Å². The molecule has 0 heterocycles. The molecule has 0 fully saturated rings. The van der Waals surface area contributed by atoms with Crippen LogP contribution in [-0.2, 0) is 9.84 Å².